The van der Waals surface area contributed by atoms with Crippen molar-refractivity contribution in [3.63, 3.8) is 0 Å². The van der Waals surface area contributed by atoms with Crippen molar-refractivity contribution in [2.75, 3.05) is 14.2 Å². The SMILES string of the molecule is CNC(=O)[C@H](C)Sc1nnc(-c2ccc(OC)cc2)n1[C@H]1CCCC[C@H]1C. The highest BCUT2D eigenvalue weighted by molar-refractivity contribution is 8.00. The van der Waals surface area contributed by atoms with Crippen LogP contribution in [0.2, 0.25) is 0 Å². The van der Waals surface area contributed by atoms with Crippen LogP contribution in [0.5, 0.6) is 5.75 Å². The molecular weight excluding hydrogens is 360 g/mol. The lowest BCUT2D eigenvalue weighted by Gasteiger charge is -2.31. The Morgan fingerprint density at radius 3 is 2.59 bits per heavy atom. The van der Waals surface area contributed by atoms with Crippen LogP contribution in [0.3, 0.4) is 0 Å². The normalized spacial score (nSPS) is 20.9. The Morgan fingerprint density at radius 2 is 1.96 bits per heavy atom. The summed E-state index contributed by atoms with van der Waals surface area (Å²) in [5.41, 5.74) is 1.01. The molecule has 1 aliphatic carbocycles. The maximum absolute atomic E-state index is 12.0. The van der Waals surface area contributed by atoms with E-state index in [4.69, 9.17) is 4.74 Å². The topological polar surface area (TPSA) is 69.0 Å². The fourth-order valence-corrected chi connectivity index (χ4v) is 4.65. The van der Waals surface area contributed by atoms with Gasteiger partial charge in [-0.3, -0.25) is 9.36 Å². The third-order valence-electron chi connectivity index (χ3n) is 5.31. The Balaban J connectivity index is 2.00. The van der Waals surface area contributed by atoms with Gasteiger partial charge in [-0.2, -0.15) is 0 Å². The van der Waals surface area contributed by atoms with Gasteiger partial charge in [-0.25, -0.2) is 0 Å². The van der Waals surface area contributed by atoms with E-state index in [9.17, 15) is 4.79 Å². The van der Waals surface area contributed by atoms with Gasteiger partial charge in [0.25, 0.3) is 0 Å². The predicted molar refractivity (Wildman–Crippen MR) is 108 cm³/mol. The van der Waals surface area contributed by atoms with Crippen LogP contribution >= 0.6 is 11.8 Å². The number of nitrogens with one attached hydrogen (secondary N) is 1. The Kier molecular flexibility index (Phi) is 6.42. The Morgan fingerprint density at radius 1 is 1.26 bits per heavy atom. The van der Waals surface area contributed by atoms with E-state index in [-0.39, 0.29) is 11.2 Å². The van der Waals surface area contributed by atoms with Gasteiger partial charge in [-0.05, 0) is 49.9 Å². The number of ether oxygens (including phenoxy) is 1. The van der Waals surface area contributed by atoms with E-state index in [1.54, 1.807) is 14.2 Å². The van der Waals surface area contributed by atoms with Gasteiger partial charge in [0.2, 0.25) is 5.91 Å². The summed E-state index contributed by atoms with van der Waals surface area (Å²) in [5.74, 6) is 2.24. The number of carbonyl (C=O) groups is 1. The van der Waals surface area contributed by atoms with Crippen LogP contribution in [0.4, 0.5) is 0 Å². The fourth-order valence-electron chi connectivity index (χ4n) is 3.69. The first-order chi connectivity index (χ1) is 13.0. The standard InChI is InChI=1S/C20H28N4O2S/c1-13-7-5-6-8-17(13)24-18(15-9-11-16(26-4)12-10-15)22-23-20(24)27-14(2)19(25)21-3/h9-14,17H,5-8H2,1-4H3,(H,21,25)/t13-,14+,17+/m1/s1. The zero-order valence-corrected chi connectivity index (χ0v) is 17.3. The summed E-state index contributed by atoms with van der Waals surface area (Å²) in [6.45, 7) is 4.21. The van der Waals surface area contributed by atoms with E-state index in [2.05, 4.69) is 27.0 Å². The summed E-state index contributed by atoms with van der Waals surface area (Å²) in [4.78, 5) is 12.0. The summed E-state index contributed by atoms with van der Waals surface area (Å²) in [6.07, 6.45) is 4.81. The molecule has 1 heterocycles. The number of benzene rings is 1. The van der Waals surface area contributed by atoms with Crippen LogP contribution < -0.4 is 10.1 Å². The summed E-state index contributed by atoms with van der Waals surface area (Å²) in [7, 11) is 3.33. The van der Waals surface area contributed by atoms with E-state index >= 15 is 0 Å². The highest BCUT2D eigenvalue weighted by Crippen LogP contribution is 2.39. The van der Waals surface area contributed by atoms with Crippen LogP contribution in [0, 0.1) is 5.92 Å². The molecule has 0 spiro atoms. The van der Waals surface area contributed by atoms with Gasteiger partial charge >= 0.3 is 0 Å². The number of methoxy groups -OCH3 is 1. The molecule has 6 nitrogen and oxygen atoms in total. The Hall–Kier alpha value is -2.02. The number of carbonyl (C=O) groups excluding carboxylic acids is 1. The van der Waals surface area contributed by atoms with Gasteiger partial charge < -0.3 is 10.1 Å². The minimum atomic E-state index is -0.222. The number of rotatable bonds is 6. The maximum Gasteiger partial charge on any atom is 0.233 e. The molecule has 1 aromatic heterocycles. The van der Waals surface area contributed by atoms with E-state index in [0.717, 1.165) is 28.7 Å². The predicted octanol–water partition coefficient (Wildman–Crippen LogP) is 3.93. The van der Waals surface area contributed by atoms with E-state index in [1.165, 1.54) is 31.0 Å². The number of nitrogens with zero attached hydrogens (tertiary/aromatic N) is 3. The molecule has 146 valence electrons. The number of aromatic nitrogens is 3. The van der Waals surface area contributed by atoms with E-state index < -0.39 is 0 Å². The lowest BCUT2D eigenvalue weighted by atomic mass is 9.85. The molecule has 1 fully saturated rings. The number of hydrogen-bond acceptors (Lipinski definition) is 5. The molecule has 0 radical (unpaired) electrons. The first kappa shape index (κ1) is 19.7. The quantitative estimate of drug-likeness (QED) is 0.759. The number of amides is 1. The molecule has 1 saturated carbocycles. The second-order valence-corrected chi connectivity index (χ2v) is 8.42. The minimum absolute atomic E-state index is 0.00256. The molecule has 1 aromatic carbocycles. The van der Waals surface area contributed by atoms with Crippen molar-refractivity contribution in [3.8, 4) is 17.1 Å². The van der Waals surface area contributed by atoms with Crippen LogP contribution in [-0.4, -0.2) is 40.1 Å². The van der Waals surface area contributed by atoms with Crippen LogP contribution in [0.25, 0.3) is 11.4 Å². The summed E-state index contributed by atoms with van der Waals surface area (Å²) < 4.78 is 7.53. The molecule has 3 atom stereocenters. The molecule has 0 unspecified atom stereocenters. The lowest BCUT2D eigenvalue weighted by molar-refractivity contribution is -0.119. The molecule has 7 heteroatoms. The van der Waals surface area contributed by atoms with Gasteiger partial charge in [0.1, 0.15) is 5.75 Å². The van der Waals surface area contributed by atoms with Gasteiger partial charge in [-0.15, -0.1) is 10.2 Å². The van der Waals surface area contributed by atoms with Crippen molar-refractivity contribution >= 4 is 17.7 Å². The van der Waals surface area contributed by atoms with Crippen molar-refractivity contribution in [1.29, 1.82) is 0 Å². The van der Waals surface area contributed by atoms with E-state index in [1.807, 2.05) is 31.2 Å². The zero-order chi connectivity index (χ0) is 19.4. The van der Waals surface area contributed by atoms with Gasteiger partial charge in [0, 0.05) is 18.7 Å². The summed E-state index contributed by atoms with van der Waals surface area (Å²) >= 11 is 1.47. The number of thioether (sulfide) groups is 1. The van der Waals surface area contributed by atoms with Gasteiger partial charge in [-0.1, -0.05) is 31.5 Å². The molecule has 27 heavy (non-hydrogen) atoms. The molecule has 0 bridgehead atoms. The van der Waals surface area contributed by atoms with Crippen molar-refractivity contribution in [1.82, 2.24) is 20.1 Å². The molecular formula is C20H28N4O2S. The fraction of sp³-hybridized carbons (Fsp3) is 0.550. The molecule has 3 rings (SSSR count). The molecule has 0 aliphatic heterocycles. The molecule has 0 saturated heterocycles. The zero-order valence-electron chi connectivity index (χ0n) is 16.4. The van der Waals surface area contributed by atoms with E-state index in [0.29, 0.717) is 12.0 Å². The number of hydrogen-bond donors (Lipinski definition) is 1. The molecule has 1 N–H and O–H groups in total. The largest absolute Gasteiger partial charge is 0.497 e. The molecule has 2 aromatic rings. The van der Waals surface area contributed by atoms with Crippen LogP contribution in [0.1, 0.15) is 45.6 Å². The Bertz CT molecular complexity index is 775. The first-order valence-corrected chi connectivity index (χ1v) is 10.4. The lowest BCUT2D eigenvalue weighted by Crippen LogP contribution is -2.28. The summed E-state index contributed by atoms with van der Waals surface area (Å²) in [6, 6.07) is 8.27. The monoisotopic (exact) mass is 388 g/mol. The highest BCUT2D eigenvalue weighted by Gasteiger charge is 2.30. The first-order valence-electron chi connectivity index (χ1n) is 9.52. The smallest absolute Gasteiger partial charge is 0.233 e. The average molecular weight is 389 g/mol. The molecule has 1 amide bonds. The van der Waals surface area contributed by atoms with Crippen LogP contribution in [-0.2, 0) is 4.79 Å². The third-order valence-corrected chi connectivity index (χ3v) is 6.37. The second kappa shape index (κ2) is 8.78. The van der Waals surface area contributed by atoms with Crippen molar-refractivity contribution in [2.24, 2.45) is 5.92 Å². The van der Waals surface area contributed by atoms with Crippen LogP contribution in [0.15, 0.2) is 29.4 Å². The average Bonchev–Trinajstić information content (AvgIpc) is 3.10. The highest BCUT2D eigenvalue weighted by atomic mass is 32.2. The maximum atomic E-state index is 12.0. The van der Waals surface area contributed by atoms with Crippen molar-refractivity contribution in [2.45, 2.75) is 56.0 Å². The third kappa shape index (κ3) is 4.29. The van der Waals surface area contributed by atoms with Gasteiger partial charge in [0.05, 0.1) is 12.4 Å². The van der Waals surface area contributed by atoms with Crippen molar-refractivity contribution < 1.29 is 9.53 Å². The van der Waals surface area contributed by atoms with Gasteiger partial charge in [0.15, 0.2) is 11.0 Å². The second-order valence-electron chi connectivity index (χ2n) is 7.11. The molecule has 1 aliphatic rings. The summed E-state index contributed by atoms with van der Waals surface area (Å²) in [5, 5.41) is 12.3. The Labute approximate surface area is 165 Å². The van der Waals surface area contributed by atoms with Crippen molar-refractivity contribution in [3.05, 3.63) is 24.3 Å². The minimum Gasteiger partial charge on any atom is -0.497 e.